The smallest absolute Gasteiger partial charge is 0.0622 e. The van der Waals surface area contributed by atoms with Crippen LogP contribution in [0.25, 0.3) is 0 Å². The zero-order valence-electron chi connectivity index (χ0n) is 11.0. The Balaban J connectivity index is 1.91. The minimum atomic E-state index is -0.00737. The lowest BCUT2D eigenvalue weighted by atomic mass is 9.85. The van der Waals surface area contributed by atoms with Crippen molar-refractivity contribution in [2.24, 2.45) is 11.3 Å². The molecular weight excluding hydrogens is 218 g/mol. The maximum Gasteiger partial charge on any atom is 0.0622 e. The van der Waals surface area contributed by atoms with Crippen LogP contribution in [-0.2, 0) is 9.47 Å². The van der Waals surface area contributed by atoms with Gasteiger partial charge in [-0.15, -0.1) is 0 Å². The van der Waals surface area contributed by atoms with E-state index in [4.69, 9.17) is 9.47 Å². The molecule has 2 aliphatic heterocycles. The first-order valence-electron chi connectivity index (χ1n) is 6.66. The van der Waals surface area contributed by atoms with Crippen molar-refractivity contribution in [2.75, 3.05) is 46.1 Å². The SMILES string of the molecule is CC(C)CC1COCCN1CC1(CO)COC1. The van der Waals surface area contributed by atoms with Gasteiger partial charge in [-0.05, 0) is 12.3 Å². The van der Waals surface area contributed by atoms with Gasteiger partial charge in [0.25, 0.3) is 0 Å². The Morgan fingerprint density at radius 2 is 2.12 bits per heavy atom. The van der Waals surface area contributed by atoms with E-state index in [9.17, 15) is 5.11 Å². The summed E-state index contributed by atoms with van der Waals surface area (Å²) in [5, 5.41) is 9.50. The maximum absolute atomic E-state index is 9.50. The summed E-state index contributed by atoms with van der Waals surface area (Å²) < 4.78 is 10.8. The second-order valence-corrected chi connectivity index (χ2v) is 5.98. The topological polar surface area (TPSA) is 41.9 Å². The minimum Gasteiger partial charge on any atom is -0.396 e. The summed E-state index contributed by atoms with van der Waals surface area (Å²) in [7, 11) is 0. The van der Waals surface area contributed by atoms with Crippen LogP contribution in [0.4, 0.5) is 0 Å². The lowest BCUT2D eigenvalue weighted by Crippen LogP contribution is -2.57. The summed E-state index contributed by atoms with van der Waals surface area (Å²) in [6, 6.07) is 0.507. The normalized spacial score (nSPS) is 29.3. The largest absolute Gasteiger partial charge is 0.396 e. The fourth-order valence-electron chi connectivity index (χ4n) is 2.71. The molecule has 2 aliphatic rings. The molecule has 0 aromatic rings. The molecule has 2 fully saturated rings. The predicted octanol–water partition coefficient (Wildman–Crippen LogP) is 0.742. The molecule has 4 heteroatoms. The van der Waals surface area contributed by atoms with Crippen molar-refractivity contribution in [2.45, 2.75) is 26.3 Å². The second-order valence-electron chi connectivity index (χ2n) is 5.98. The second kappa shape index (κ2) is 5.65. The van der Waals surface area contributed by atoms with Crippen LogP contribution >= 0.6 is 0 Å². The quantitative estimate of drug-likeness (QED) is 0.773. The van der Waals surface area contributed by atoms with E-state index < -0.39 is 0 Å². The molecule has 1 N–H and O–H groups in total. The number of ether oxygens (including phenoxy) is 2. The van der Waals surface area contributed by atoms with E-state index in [1.54, 1.807) is 0 Å². The van der Waals surface area contributed by atoms with E-state index >= 15 is 0 Å². The first-order chi connectivity index (χ1) is 8.15. The molecule has 0 saturated carbocycles. The van der Waals surface area contributed by atoms with Crippen LogP contribution in [0.15, 0.2) is 0 Å². The first kappa shape index (κ1) is 13.3. The summed E-state index contributed by atoms with van der Waals surface area (Å²) in [4.78, 5) is 2.49. The van der Waals surface area contributed by atoms with Crippen molar-refractivity contribution in [3.63, 3.8) is 0 Å². The van der Waals surface area contributed by atoms with Gasteiger partial charge in [0.1, 0.15) is 0 Å². The summed E-state index contributed by atoms with van der Waals surface area (Å²) >= 11 is 0. The number of hydrogen-bond acceptors (Lipinski definition) is 4. The monoisotopic (exact) mass is 243 g/mol. The maximum atomic E-state index is 9.50. The Hall–Kier alpha value is -0.160. The zero-order valence-corrected chi connectivity index (χ0v) is 11.0. The van der Waals surface area contributed by atoms with Crippen molar-refractivity contribution in [3.05, 3.63) is 0 Å². The Bertz CT molecular complexity index is 235. The van der Waals surface area contributed by atoms with Gasteiger partial charge in [0, 0.05) is 19.1 Å². The van der Waals surface area contributed by atoms with E-state index in [1.165, 1.54) is 6.42 Å². The van der Waals surface area contributed by atoms with E-state index in [-0.39, 0.29) is 12.0 Å². The van der Waals surface area contributed by atoms with Gasteiger partial charge in [0.05, 0.1) is 38.4 Å². The van der Waals surface area contributed by atoms with Crippen LogP contribution < -0.4 is 0 Å². The zero-order chi connectivity index (χ0) is 12.3. The summed E-state index contributed by atoms with van der Waals surface area (Å²) in [6.45, 7) is 9.73. The average Bonchev–Trinajstić information content (AvgIpc) is 2.25. The van der Waals surface area contributed by atoms with Gasteiger partial charge < -0.3 is 14.6 Å². The third kappa shape index (κ3) is 3.19. The van der Waals surface area contributed by atoms with Crippen LogP contribution in [0.5, 0.6) is 0 Å². The molecule has 0 radical (unpaired) electrons. The molecule has 2 heterocycles. The third-order valence-corrected chi connectivity index (χ3v) is 3.78. The van der Waals surface area contributed by atoms with Gasteiger partial charge >= 0.3 is 0 Å². The molecule has 17 heavy (non-hydrogen) atoms. The minimum absolute atomic E-state index is 0.00737. The molecular formula is C13H25NO3. The molecule has 0 aliphatic carbocycles. The number of aliphatic hydroxyl groups is 1. The molecule has 0 spiro atoms. The number of morpholine rings is 1. The van der Waals surface area contributed by atoms with Gasteiger partial charge in [0.2, 0.25) is 0 Å². The molecule has 2 rings (SSSR count). The van der Waals surface area contributed by atoms with E-state index in [2.05, 4.69) is 18.7 Å². The predicted molar refractivity (Wildman–Crippen MR) is 66.0 cm³/mol. The molecule has 0 bridgehead atoms. The van der Waals surface area contributed by atoms with Gasteiger partial charge in [-0.2, -0.15) is 0 Å². The fraction of sp³-hybridized carbons (Fsp3) is 1.00. The van der Waals surface area contributed by atoms with Crippen LogP contribution in [0.1, 0.15) is 20.3 Å². The average molecular weight is 243 g/mol. The molecule has 4 nitrogen and oxygen atoms in total. The molecule has 1 atom stereocenters. The molecule has 0 aromatic carbocycles. The molecule has 100 valence electrons. The van der Waals surface area contributed by atoms with E-state index in [0.717, 1.165) is 26.3 Å². The first-order valence-corrected chi connectivity index (χ1v) is 6.66. The third-order valence-electron chi connectivity index (χ3n) is 3.78. The summed E-state index contributed by atoms with van der Waals surface area (Å²) in [5.74, 6) is 0.687. The van der Waals surface area contributed by atoms with E-state index in [0.29, 0.717) is 25.2 Å². The molecule has 0 aromatic heterocycles. The van der Waals surface area contributed by atoms with Crippen LogP contribution in [0.3, 0.4) is 0 Å². The fourth-order valence-corrected chi connectivity index (χ4v) is 2.71. The van der Waals surface area contributed by atoms with Crippen LogP contribution in [0.2, 0.25) is 0 Å². The number of rotatable bonds is 5. The van der Waals surface area contributed by atoms with Crippen LogP contribution in [0, 0.1) is 11.3 Å². The molecule has 2 saturated heterocycles. The molecule has 1 unspecified atom stereocenters. The Morgan fingerprint density at radius 1 is 1.35 bits per heavy atom. The van der Waals surface area contributed by atoms with Crippen LogP contribution in [-0.4, -0.2) is 62.2 Å². The highest BCUT2D eigenvalue weighted by atomic mass is 16.5. The Kier molecular flexibility index (Phi) is 4.42. The lowest BCUT2D eigenvalue weighted by molar-refractivity contribution is -0.160. The number of aliphatic hydroxyl groups excluding tert-OH is 1. The summed E-state index contributed by atoms with van der Waals surface area (Å²) in [5.41, 5.74) is -0.00737. The Morgan fingerprint density at radius 3 is 2.65 bits per heavy atom. The summed E-state index contributed by atoms with van der Waals surface area (Å²) in [6.07, 6.45) is 1.17. The standard InChI is InChI=1S/C13H25NO3/c1-11(2)5-12-6-16-4-3-14(12)7-13(8-15)9-17-10-13/h11-12,15H,3-10H2,1-2H3. The molecule has 0 amide bonds. The van der Waals surface area contributed by atoms with Gasteiger partial charge in [-0.3, -0.25) is 4.90 Å². The Labute approximate surface area is 104 Å². The van der Waals surface area contributed by atoms with E-state index in [1.807, 2.05) is 0 Å². The number of nitrogens with zero attached hydrogens (tertiary/aromatic N) is 1. The highest BCUT2D eigenvalue weighted by Crippen LogP contribution is 2.30. The van der Waals surface area contributed by atoms with Gasteiger partial charge in [-0.1, -0.05) is 13.8 Å². The van der Waals surface area contributed by atoms with Crippen molar-refractivity contribution >= 4 is 0 Å². The van der Waals surface area contributed by atoms with Crippen molar-refractivity contribution in [3.8, 4) is 0 Å². The van der Waals surface area contributed by atoms with Gasteiger partial charge in [-0.25, -0.2) is 0 Å². The number of hydrogen-bond donors (Lipinski definition) is 1. The highest BCUT2D eigenvalue weighted by Gasteiger charge is 2.41. The van der Waals surface area contributed by atoms with Crippen molar-refractivity contribution < 1.29 is 14.6 Å². The van der Waals surface area contributed by atoms with Crippen molar-refractivity contribution in [1.82, 2.24) is 4.90 Å². The lowest BCUT2D eigenvalue weighted by Gasteiger charge is -2.47. The highest BCUT2D eigenvalue weighted by molar-refractivity contribution is 4.91. The van der Waals surface area contributed by atoms with Gasteiger partial charge in [0.15, 0.2) is 0 Å². The van der Waals surface area contributed by atoms with Crippen molar-refractivity contribution in [1.29, 1.82) is 0 Å².